The highest BCUT2D eigenvalue weighted by molar-refractivity contribution is 6.30. The van der Waals surface area contributed by atoms with Crippen LogP contribution in [0.25, 0.3) is 0 Å². The molecule has 7 nitrogen and oxygen atoms in total. The van der Waals surface area contributed by atoms with Crippen molar-refractivity contribution in [3.63, 3.8) is 0 Å². The lowest BCUT2D eigenvalue weighted by Gasteiger charge is -2.34. The van der Waals surface area contributed by atoms with Gasteiger partial charge in [-0.25, -0.2) is 4.79 Å². The maximum atomic E-state index is 12.3. The summed E-state index contributed by atoms with van der Waals surface area (Å²) in [5.74, 6) is -1.15. The van der Waals surface area contributed by atoms with Crippen LogP contribution >= 0.6 is 11.6 Å². The number of halogens is 1. The Bertz CT molecular complexity index is 769. The Kier molecular flexibility index (Phi) is 5.35. The standard InChI is InChI=1S/C17H19ClN4O3/c18-14-3-1-2-13(10-14)11-20-6-8-21(9-7-20)16(23)12-22-5-4-15(19-22)17(24)25/h1-5,10H,6-9,11-12H2,(H,24,25). The second-order valence-electron chi connectivity index (χ2n) is 5.99. The van der Waals surface area contributed by atoms with Gasteiger partial charge in [0.15, 0.2) is 5.69 Å². The molecule has 3 rings (SSSR count). The van der Waals surface area contributed by atoms with E-state index in [1.165, 1.54) is 16.9 Å². The molecule has 25 heavy (non-hydrogen) atoms. The number of carbonyl (C=O) groups excluding carboxylic acids is 1. The lowest BCUT2D eigenvalue weighted by Crippen LogP contribution is -2.49. The van der Waals surface area contributed by atoms with Gasteiger partial charge >= 0.3 is 5.97 Å². The van der Waals surface area contributed by atoms with E-state index in [9.17, 15) is 9.59 Å². The molecule has 1 amide bonds. The van der Waals surface area contributed by atoms with Gasteiger partial charge in [-0.1, -0.05) is 23.7 Å². The Morgan fingerprint density at radius 2 is 1.92 bits per heavy atom. The van der Waals surface area contributed by atoms with Crippen molar-refractivity contribution in [3.05, 3.63) is 52.8 Å². The number of hydrogen-bond donors (Lipinski definition) is 1. The smallest absolute Gasteiger partial charge is 0.356 e. The van der Waals surface area contributed by atoms with E-state index in [0.29, 0.717) is 13.1 Å². The molecule has 0 atom stereocenters. The second-order valence-corrected chi connectivity index (χ2v) is 6.43. The molecule has 2 aromatic rings. The molecule has 0 radical (unpaired) electrons. The number of hydrogen-bond acceptors (Lipinski definition) is 4. The summed E-state index contributed by atoms with van der Waals surface area (Å²) < 4.78 is 1.37. The second kappa shape index (κ2) is 7.67. The van der Waals surface area contributed by atoms with E-state index in [0.717, 1.165) is 30.2 Å². The zero-order valence-electron chi connectivity index (χ0n) is 13.6. The maximum Gasteiger partial charge on any atom is 0.356 e. The minimum Gasteiger partial charge on any atom is -0.476 e. The van der Waals surface area contributed by atoms with Crippen molar-refractivity contribution in [1.29, 1.82) is 0 Å². The Morgan fingerprint density at radius 3 is 2.56 bits per heavy atom. The summed E-state index contributed by atoms with van der Waals surface area (Å²) in [5, 5.41) is 13.5. The van der Waals surface area contributed by atoms with Crippen LogP contribution in [0, 0.1) is 0 Å². The first-order valence-corrected chi connectivity index (χ1v) is 8.40. The number of piperazine rings is 1. The summed E-state index contributed by atoms with van der Waals surface area (Å²) in [6, 6.07) is 9.18. The largest absolute Gasteiger partial charge is 0.476 e. The molecular formula is C17H19ClN4O3. The number of benzene rings is 1. The summed E-state index contributed by atoms with van der Waals surface area (Å²) in [6.07, 6.45) is 1.51. The lowest BCUT2D eigenvalue weighted by molar-refractivity contribution is -0.133. The third-order valence-electron chi connectivity index (χ3n) is 4.18. The van der Waals surface area contributed by atoms with E-state index in [1.54, 1.807) is 4.90 Å². The maximum absolute atomic E-state index is 12.3. The topological polar surface area (TPSA) is 78.7 Å². The van der Waals surface area contributed by atoms with Crippen LogP contribution in [0.1, 0.15) is 16.1 Å². The molecule has 132 valence electrons. The van der Waals surface area contributed by atoms with Crippen LogP contribution in [0.5, 0.6) is 0 Å². The molecule has 0 aliphatic carbocycles. The molecule has 8 heteroatoms. The molecule has 1 aliphatic rings. The first-order chi connectivity index (χ1) is 12.0. The summed E-state index contributed by atoms with van der Waals surface area (Å²) in [6.45, 7) is 3.74. The predicted octanol–water partition coefficient (Wildman–Crippen LogP) is 1.58. The zero-order valence-corrected chi connectivity index (χ0v) is 14.4. The fourth-order valence-electron chi connectivity index (χ4n) is 2.85. The van der Waals surface area contributed by atoms with Crippen molar-refractivity contribution in [3.8, 4) is 0 Å². The molecule has 0 bridgehead atoms. The molecule has 1 fully saturated rings. The van der Waals surface area contributed by atoms with Crippen LogP contribution in [0.15, 0.2) is 36.5 Å². The van der Waals surface area contributed by atoms with Crippen LogP contribution in [0.4, 0.5) is 0 Å². The Labute approximate surface area is 150 Å². The number of carbonyl (C=O) groups is 2. The van der Waals surface area contributed by atoms with Crippen molar-refractivity contribution in [2.75, 3.05) is 26.2 Å². The van der Waals surface area contributed by atoms with Crippen LogP contribution in [0.2, 0.25) is 5.02 Å². The quantitative estimate of drug-likeness (QED) is 0.873. The summed E-state index contributed by atoms with van der Waals surface area (Å²) >= 11 is 6.01. The van der Waals surface area contributed by atoms with Gasteiger partial charge in [-0.3, -0.25) is 14.4 Å². The molecule has 1 aromatic carbocycles. The minimum atomic E-state index is -1.10. The van der Waals surface area contributed by atoms with Crippen LogP contribution < -0.4 is 0 Å². The molecule has 0 spiro atoms. The molecule has 2 heterocycles. The SMILES string of the molecule is O=C(O)c1ccn(CC(=O)N2CCN(Cc3cccc(Cl)c3)CC2)n1. The highest BCUT2D eigenvalue weighted by Gasteiger charge is 2.21. The Morgan fingerprint density at radius 1 is 1.16 bits per heavy atom. The van der Waals surface area contributed by atoms with Crippen LogP contribution in [0.3, 0.4) is 0 Å². The van der Waals surface area contributed by atoms with Crippen LogP contribution in [-0.4, -0.2) is 62.7 Å². The first-order valence-electron chi connectivity index (χ1n) is 8.02. The third-order valence-corrected chi connectivity index (χ3v) is 4.41. The average molecular weight is 363 g/mol. The first kappa shape index (κ1) is 17.4. The van der Waals surface area contributed by atoms with Gasteiger partial charge in [0.25, 0.3) is 0 Å². The van der Waals surface area contributed by atoms with Crippen molar-refractivity contribution >= 4 is 23.5 Å². The third kappa shape index (κ3) is 4.58. The van der Waals surface area contributed by atoms with E-state index >= 15 is 0 Å². The van der Waals surface area contributed by atoms with E-state index in [-0.39, 0.29) is 18.1 Å². The number of amides is 1. The fraction of sp³-hybridized carbons (Fsp3) is 0.353. The van der Waals surface area contributed by atoms with E-state index in [4.69, 9.17) is 16.7 Å². The number of aromatic nitrogens is 2. The predicted molar refractivity (Wildman–Crippen MR) is 92.5 cm³/mol. The molecule has 0 unspecified atom stereocenters. The van der Waals surface area contributed by atoms with Crippen molar-refractivity contribution < 1.29 is 14.7 Å². The summed E-state index contributed by atoms with van der Waals surface area (Å²) in [7, 11) is 0. The van der Waals surface area contributed by atoms with Gasteiger partial charge < -0.3 is 10.0 Å². The molecule has 1 saturated heterocycles. The molecule has 1 aliphatic heterocycles. The average Bonchev–Trinajstić information content (AvgIpc) is 3.04. The number of nitrogens with zero attached hydrogens (tertiary/aromatic N) is 4. The van der Waals surface area contributed by atoms with E-state index < -0.39 is 5.97 Å². The van der Waals surface area contributed by atoms with Gasteiger partial charge in [0.1, 0.15) is 6.54 Å². The Balaban J connectivity index is 1.49. The minimum absolute atomic E-state index is 0.0533. The lowest BCUT2D eigenvalue weighted by atomic mass is 10.2. The molecule has 0 saturated carbocycles. The van der Waals surface area contributed by atoms with E-state index in [2.05, 4.69) is 10.00 Å². The van der Waals surface area contributed by atoms with E-state index in [1.807, 2.05) is 24.3 Å². The molecule has 1 N–H and O–H groups in total. The number of rotatable bonds is 5. The highest BCUT2D eigenvalue weighted by atomic mass is 35.5. The van der Waals surface area contributed by atoms with Crippen molar-refractivity contribution in [2.24, 2.45) is 0 Å². The van der Waals surface area contributed by atoms with Crippen molar-refractivity contribution in [2.45, 2.75) is 13.1 Å². The summed E-state index contributed by atoms with van der Waals surface area (Å²) in [4.78, 5) is 27.2. The zero-order chi connectivity index (χ0) is 17.8. The molecular weight excluding hydrogens is 344 g/mol. The number of aromatic carboxylic acids is 1. The normalized spacial score (nSPS) is 15.3. The number of carboxylic acids is 1. The van der Waals surface area contributed by atoms with Crippen LogP contribution in [-0.2, 0) is 17.9 Å². The van der Waals surface area contributed by atoms with Gasteiger partial charge in [0.2, 0.25) is 5.91 Å². The summed E-state index contributed by atoms with van der Waals surface area (Å²) in [5.41, 5.74) is 1.10. The van der Waals surface area contributed by atoms with Gasteiger partial charge in [0, 0.05) is 43.9 Å². The van der Waals surface area contributed by atoms with Gasteiger partial charge in [0.05, 0.1) is 0 Å². The monoisotopic (exact) mass is 362 g/mol. The van der Waals surface area contributed by atoms with Gasteiger partial charge in [-0.05, 0) is 23.8 Å². The fourth-order valence-corrected chi connectivity index (χ4v) is 3.06. The van der Waals surface area contributed by atoms with Gasteiger partial charge in [-0.2, -0.15) is 5.10 Å². The highest BCUT2D eigenvalue weighted by Crippen LogP contribution is 2.14. The molecule has 1 aromatic heterocycles. The Hall–Kier alpha value is -2.38. The number of carboxylic acid groups (broad SMARTS) is 1. The van der Waals surface area contributed by atoms with Crippen molar-refractivity contribution in [1.82, 2.24) is 19.6 Å². The van der Waals surface area contributed by atoms with Gasteiger partial charge in [-0.15, -0.1) is 0 Å².